The Morgan fingerprint density at radius 2 is 2.12 bits per heavy atom. The van der Waals surface area contributed by atoms with Crippen LogP contribution in [0.15, 0.2) is 42.7 Å². The molecular weight excluding hydrogens is 322 g/mol. The topological polar surface area (TPSA) is 62.3 Å². The molecule has 2 saturated heterocycles. The Labute approximate surface area is 144 Å². The summed E-state index contributed by atoms with van der Waals surface area (Å²) < 4.78 is 0. The summed E-state index contributed by atoms with van der Waals surface area (Å²) in [5.41, 5.74) is 2.71. The molecular formula is C18H17N3O2S. The number of rotatable bonds is 2. The lowest BCUT2D eigenvalue weighted by atomic mass is 9.98. The van der Waals surface area contributed by atoms with Crippen LogP contribution >= 0.6 is 11.8 Å². The van der Waals surface area contributed by atoms with Crippen LogP contribution < -0.4 is 10.2 Å². The van der Waals surface area contributed by atoms with Gasteiger partial charge in [-0.15, -0.1) is 0 Å². The molecule has 24 heavy (non-hydrogen) atoms. The number of benzene rings is 1. The molecule has 0 bridgehead atoms. The van der Waals surface area contributed by atoms with Gasteiger partial charge in [0.1, 0.15) is 5.54 Å². The Morgan fingerprint density at radius 3 is 2.83 bits per heavy atom. The largest absolute Gasteiger partial charge is 0.329 e. The zero-order valence-electron chi connectivity index (χ0n) is 13.3. The van der Waals surface area contributed by atoms with E-state index < -0.39 is 5.54 Å². The highest BCUT2D eigenvalue weighted by molar-refractivity contribution is 7.99. The molecule has 1 N–H and O–H groups in total. The predicted octanol–water partition coefficient (Wildman–Crippen LogP) is 2.99. The standard InChI is InChI=1S/C18H17N3O2S/c1-12-4-5-13(14-3-2-7-19-10-14)9-15(12)21-16(22)18(20-17(21)23)6-8-24-11-18/h2-5,7,9-10H,6,8,11H2,1H3,(H,20,23). The maximum Gasteiger partial charge on any atom is 0.329 e. The van der Waals surface area contributed by atoms with Gasteiger partial charge in [0, 0.05) is 23.7 Å². The van der Waals surface area contributed by atoms with Gasteiger partial charge in [-0.25, -0.2) is 9.69 Å². The normalized spacial score (nSPS) is 23.1. The van der Waals surface area contributed by atoms with Crippen LogP contribution in [0.5, 0.6) is 0 Å². The van der Waals surface area contributed by atoms with Crippen LogP contribution in [0.1, 0.15) is 12.0 Å². The first kappa shape index (κ1) is 15.2. The van der Waals surface area contributed by atoms with Gasteiger partial charge in [0.2, 0.25) is 0 Å². The predicted molar refractivity (Wildman–Crippen MR) is 95.1 cm³/mol. The first-order valence-electron chi connectivity index (χ1n) is 7.86. The number of aromatic nitrogens is 1. The van der Waals surface area contributed by atoms with Gasteiger partial charge in [-0.05, 0) is 42.4 Å². The molecule has 0 saturated carbocycles. The number of urea groups is 1. The zero-order chi connectivity index (χ0) is 16.7. The molecule has 2 aliphatic rings. The molecule has 2 aliphatic heterocycles. The summed E-state index contributed by atoms with van der Waals surface area (Å²) in [6.45, 7) is 1.91. The molecule has 6 heteroatoms. The van der Waals surface area contributed by atoms with E-state index in [-0.39, 0.29) is 11.9 Å². The van der Waals surface area contributed by atoms with E-state index >= 15 is 0 Å². The van der Waals surface area contributed by atoms with E-state index in [1.165, 1.54) is 4.90 Å². The maximum absolute atomic E-state index is 13.0. The number of imide groups is 1. The number of thioether (sulfide) groups is 1. The number of amides is 3. The fraction of sp³-hybridized carbons (Fsp3) is 0.278. The van der Waals surface area contributed by atoms with Crippen molar-refractivity contribution in [3.8, 4) is 11.1 Å². The molecule has 4 rings (SSSR count). The molecule has 2 aromatic rings. The molecule has 3 heterocycles. The molecule has 1 spiro atoms. The average Bonchev–Trinajstić information content (AvgIpc) is 3.15. The monoisotopic (exact) mass is 339 g/mol. The van der Waals surface area contributed by atoms with Gasteiger partial charge in [-0.1, -0.05) is 18.2 Å². The first-order valence-corrected chi connectivity index (χ1v) is 9.02. The SMILES string of the molecule is Cc1ccc(-c2cccnc2)cc1N1C(=O)NC2(CCSC2)C1=O. The van der Waals surface area contributed by atoms with Gasteiger partial charge in [0.15, 0.2) is 0 Å². The number of nitrogens with one attached hydrogen (secondary N) is 1. The third-order valence-corrected chi connectivity index (χ3v) is 5.82. The second-order valence-corrected chi connectivity index (χ2v) is 7.30. The van der Waals surface area contributed by atoms with Gasteiger partial charge in [0.25, 0.3) is 5.91 Å². The van der Waals surface area contributed by atoms with Crippen molar-refractivity contribution in [1.82, 2.24) is 10.3 Å². The van der Waals surface area contributed by atoms with Crippen molar-refractivity contribution in [2.24, 2.45) is 0 Å². The number of pyridine rings is 1. The number of aryl methyl sites for hydroxylation is 1. The Morgan fingerprint density at radius 1 is 1.25 bits per heavy atom. The maximum atomic E-state index is 13.0. The summed E-state index contributed by atoms with van der Waals surface area (Å²) in [6.07, 6.45) is 4.19. The molecule has 0 aliphatic carbocycles. The van der Waals surface area contributed by atoms with Crippen molar-refractivity contribution in [3.63, 3.8) is 0 Å². The molecule has 122 valence electrons. The molecule has 1 unspecified atom stereocenters. The molecule has 0 radical (unpaired) electrons. The van der Waals surface area contributed by atoms with Crippen LogP contribution in [0, 0.1) is 6.92 Å². The van der Waals surface area contributed by atoms with E-state index in [4.69, 9.17) is 0 Å². The van der Waals surface area contributed by atoms with Gasteiger partial charge in [-0.2, -0.15) is 11.8 Å². The molecule has 1 aromatic carbocycles. The Balaban J connectivity index is 1.76. The first-order chi connectivity index (χ1) is 11.6. The van der Waals surface area contributed by atoms with E-state index in [0.29, 0.717) is 17.9 Å². The van der Waals surface area contributed by atoms with Gasteiger partial charge >= 0.3 is 6.03 Å². The second-order valence-electron chi connectivity index (χ2n) is 6.20. The lowest BCUT2D eigenvalue weighted by Gasteiger charge is -2.20. The van der Waals surface area contributed by atoms with Crippen LogP contribution in [0.2, 0.25) is 0 Å². The quantitative estimate of drug-likeness (QED) is 0.855. The third kappa shape index (κ3) is 2.29. The van der Waals surface area contributed by atoms with Gasteiger partial charge < -0.3 is 5.32 Å². The highest BCUT2D eigenvalue weighted by atomic mass is 32.2. The van der Waals surface area contributed by atoms with Crippen LogP contribution in [0.3, 0.4) is 0 Å². The molecule has 5 nitrogen and oxygen atoms in total. The minimum Gasteiger partial charge on any atom is -0.322 e. The number of anilines is 1. The smallest absolute Gasteiger partial charge is 0.322 e. The van der Waals surface area contributed by atoms with Crippen LogP contribution in [0.4, 0.5) is 10.5 Å². The number of nitrogens with zero attached hydrogens (tertiary/aromatic N) is 2. The Bertz CT molecular complexity index is 816. The number of hydrogen-bond acceptors (Lipinski definition) is 4. The molecule has 1 aromatic heterocycles. The minimum absolute atomic E-state index is 0.135. The number of hydrogen-bond donors (Lipinski definition) is 1. The summed E-state index contributed by atoms with van der Waals surface area (Å²) in [5.74, 6) is 1.41. The number of carbonyl (C=O) groups excluding carboxylic acids is 2. The second kappa shape index (κ2) is 5.63. The van der Waals surface area contributed by atoms with E-state index in [2.05, 4.69) is 10.3 Å². The van der Waals surface area contributed by atoms with Crippen molar-refractivity contribution in [3.05, 3.63) is 48.3 Å². The highest BCUT2D eigenvalue weighted by Gasteiger charge is 2.53. The summed E-state index contributed by atoms with van der Waals surface area (Å²) in [7, 11) is 0. The summed E-state index contributed by atoms with van der Waals surface area (Å²) in [5, 5.41) is 2.92. The van der Waals surface area contributed by atoms with Gasteiger partial charge in [0.05, 0.1) is 5.69 Å². The van der Waals surface area contributed by atoms with Crippen LogP contribution in [-0.4, -0.2) is 34.0 Å². The third-order valence-electron chi connectivity index (χ3n) is 4.63. The summed E-state index contributed by atoms with van der Waals surface area (Å²) in [6, 6.07) is 9.32. The van der Waals surface area contributed by atoms with E-state index in [1.54, 1.807) is 24.2 Å². The fourth-order valence-corrected chi connectivity index (χ4v) is 4.56. The number of carbonyl (C=O) groups is 2. The average molecular weight is 339 g/mol. The highest BCUT2D eigenvalue weighted by Crippen LogP contribution is 2.37. The van der Waals surface area contributed by atoms with Crippen molar-refractivity contribution in [1.29, 1.82) is 0 Å². The Kier molecular flexibility index (Phi) is 3.57. The van der Waals surface area contributed by atoms with E-state index in [1.807, 2.05) is 37.3 Å². The fourth-order valence-electron chi connectivity index (χ4n) is 3.23. The lowest BCUT2D eigenvalue weighted by molar-refractivity contribution is -0.121. The Hall–Kier alpha value is -2.34. The molecule has 1 atom stereocenters. The van der Waals surface area contributed by atoms with Crippen molar-refractivity contribution in [2.75, 3.05) is 16.4 Å². The van der Waals surface area contributed by atoms with E-state index in [9.17, 15) is 9.59 Å². The van der Waals surface area contributed by atoms with Crippen LogP contribution in [0.25, 0.3) is 11.1 Å². The van der Waals surface area contributed by atoms with Crippen molar-refractivity contribution < 1.29 is 9.59 Å². The molecule has 2 fully saturated rings. The van der Waals surface area contributed by atoms with Gasteiger partial charge in [-0.3, -0.25) is 9.78 Å². The van der Waals surface area contributed by atoms with Crippen molar-refractivity contribution >= 4 is 29.4 Å². The molecule has 3 amide bonds. The van der Waals surface area contributed by atoms with Crippen molar-refractivity contribution in [2.45, 2.75) is 18.9 Å². The summed E-state index contributed by atoms with van der Waals surface area (Å²) >= 11 is 1.71. The lowest BCUT2D eigenvalue weighted by Crippen LogP contribution is -2.47. The minimum atomic E-state index is -0.724. The summed E-state index contributed by atoms with van der Waals surface area (Å²) in [4.78, 5) is 30.9. The van der Waals surface area contributed by atoms with Crippen LogP contribution in [-0.2, 0) is 4.79 Å². The zero-order valence-corrected chi connectivity index (χ0v) is 14.1. The van der Waals surface area contributed by atoms with E-state index in [0.717, 1.165) is 22.4 Å².